The zero-order valence-corrected chi connectivity index (χ0v) is 11.9. The first-order valence-electron chi connectivity index (χ1n) is 7.23. The fourth-order valence-corrected chi connectivity index (χ4v) is 2.63. The lowest BCUT2D eigenvalue weighted by molar-refractivity contribution is 0.0907. The summed E-state index contributed by atoms with van der Waals surface area (Å²) in [7, 11) is 0. The molecule has 2 rings (SSSR count). The predicted octanol–water partition coefficient (Wildman–Crippen LogP) is 2.54. The van der Waals surface area contributed by atoms with Gasteiger partial charge in [0.2, 0.25) is 0 Å². The minimum absolute atomic E-state index is 0.0582. The van der Waals surface area contributed by atoms with Gasteiger partial charge in [0.25, 0.3) is 5.91 Å². The molecule has 0 atom stereocenters. The zero-order chi connectivity index (χ0) is 13.7. The van der Waals surface area contributed by atoms with Crippen LogP contribution in [0.3, 0.4) is 0 Å². The summed E-state index contributed by atoms with van der Waals surface area (Å²) < 4.78 is 0. The summed E-state index contributed by atoms with van der Waals surface area (Å²) in [5, 5.41) is 3.14. The monoisotopic (exact) mass is 260 g/mol. The number of hydrogen-bond donors (Lipinski definition) is 1. The van der Waals surface area contributed by atoms with Gasteiger partial charge in [-0.05, 0) is 30.9 Å². The summed E-state index contributed by atoms with van der Waals surface area (Å²) in [5.41, 5.74) is 0.757. The summed E-state index contributed by atoms with van der Waals surface area (Å²) in [4.78, 5) is 14.5. The van der Waals surface area contributed by atoms with Crippen molar-refractivity contribution in [2.24, 2.45) is 5.92 Å². The van der Waals surface area contributed by atoms with E-state index in [0.717, 1.165) is 37.4 Å². The minimum atomic E-state index is 0.0582. The maximum absolute atomic E-state index is 12.0. The van der Waals surface area contributed by atoms with Gasteiger partial charge in [0, 0.05) is 31.2 Å². The van der Waals surface area contributed by atoms with E-state index >= 15 is 0 Å². The van der Waals surface area contributed by atoms with E-state index in [4.69, 9.17) is 0 Å². The molecule has 1 amide bonds. The maximum Gasteiger partial charge on any atom is 0.251 e. The van der Waals surface area contributed by atoms with E-state index in [0.29, 0.717) is 6.04 Å². The molecule has 1 aromatic rings. The van der Waals surface area contributed by atoms with E-state index in [2.05, 4.69) is 24.1 Å². The molecule has 1 aromatic carbocycles. The van der Waals surface area contributed by atoms with Gasteiger partial charge in [0.1, 0.15) is 0 Å². The van der Waals surface area contributed by atoms with Crippen LogP contribution in [-0.2, 0) is 0 Å². The van der Waals surface area contributed by atoms with Crippen molar-refractivity contribution in [3.8, 4) is 0 Å². The van der Waals surface area contributed by atoms with Gasteiger partial charge < -0.3 is 10.2 Å². The maximum atomic E-state index is 12.0. The molecular formula is C16H24N2O. The molecule has 3 heteroatoms. The van der Waals surface area contributed by atoms with Crippen LogP contribution >= 0.6 is 0 Å². The highest BCUT2D eigenvalue weighted by atomic mass is 16.1. The summed E-state index contributed by atoms with van der Waals surface area (Å²) in [6, 6.07) is 9.80. The number of likely N-dealkylation sites (tertiary alicyclic amines) is 1. The highest BCUT2D eigenvalue weighted by Crippen LogP contribution is 2.12. The van der Waals surface area contributed by atoms with Gasteiger partial charge in [-0.3, -0.25) is 4.79 Å². The van der Waals surface area contributed by atoms with E-state index in [-0.39, 0.29) is 5.91 Å². The van der Waals surface area contributed by atoms with Crippen molar-refractivity contribution in [2.45, 2.75) is 32.7 Å². The molecule has 1 aliphatic rings. The first-order chi connectivity index (χ1) is 9.15. The Morgan fingerprint density at radius 3 is 2.47 bits per heavy atom. The van der Waals surface area contributed by atoms with Crippen molar-refractivity contribution in [1.82, 2.24) is 10.2 Å². The second kappa shape index (κ2) is 6.71. The normalized spacial score (nSPS) is 17.6. The summed E-state index contributed by atoms with van der Waals surface area (Å²) in [6.07, 6.45) is 2.12. The predicted molar refractivity (Wildman–Crippen MR) is 78.2 cm³/mol. The van der Waals surface area contributed by atoms with Crippen molar-refractivity contribution in [1.29, 1.82) is 0 Å². The lowest BCUT2D eigenvalue weighted by atomic mass is 10.0. The molecule has 104 valence electrons. The molecule has 1 N–H and O–H groups in total. The Labute approximate surface area is 116 Å². The minimum Gasteiger partial charge on any atom is -0.349 e. The second-order valence-corrected chi connectivity index (χ2v) is 5.81. The Balaban J connectivity index is 1.78. The van der Waals surface area contributed by atoms with Crippen molar-refractivity contribution in [3.05, 3.63) is 35.9 Å². The van der Waals surface area contributed by atoms with Crippen molar-refractivity contribution in [2.75, 3.05) is 19.6 Å². The summed E-state index contributed by atoms with van der Waals surface area (Å²) in [5.74, 6) is 0.776. The van der Waals surface area contributed by atoms with E-state index in [1.165, 1.54) is 6.54 Å². The fraction of sp³-hybridized carbons (Fsp3) is 0.562. The van der Waals surface area contributed by atoms with Crippen LogP contribution in [0.1, 0.15) is 37.0 Å². The third-order valence-corrected chi connectivity index (χ3v) is 3.58. The van der Waals surface area contributed by atoms with Gasteiger partial charge in [-0.15, -0.1) is 0 Å². The molecule has 0 spiro atoms. The quantitative estimate of drug-likeness (QED) is 0.902. The zero-order valence-electron chi connectivity index (χ0n) is 11.9. The third-order valence-electron chi connectivity index (χ3n) is 3.58. The van der Waals surface area contributed by atoms with Crippen LogP contribution in [0.25, 0.3) is 0 Å². The Bertz CT molecular complexity index is 394. The summed E-state index contributed by atoms with van der Waals surface area (Å²) >= 11 is 0. The molecule has 1 heterocycles. The highest BCUT2D eigenvalue weighted by Gasteiger charge is 2.21. The smallest absolute Gasteiger partial charge is 0.251 e. The lowest BCUT2D eigenvalue weighted by Crippen LogP contribution is -2.45. The van der Waals surface area contributed by atoms with E-state index in [1.54, 1.807) is 0 Å². The molecule has 1 aliphatic heterocycles. The van der Waals surface area contributed by atoms with Crippen LogP contribution in [0, 0.1) is 5.92 Å². The number of nitrogens with zero attached hydrogens (tertiary/aromatic N) is 1. The molecule has 0 saturated carbocycles. The molecule has 0 aromatic heterocycles. The van der Waals surface area contributed by atoms with E-state index < -0.39 is 0 Å². The molecule has 1 fully saturated rings. The Morgan fingerprint density at radius 2 is 1.89 bits per heavy atom. The standard InChI is InChI=1S/C16H24N2O/c1-13(2)12-18-10-8-15(9-11-18)17-16(19)14-6-4-3-5-7-14/h3-7,13,15H,8-12H2,1-2H3,(H,17,19). The number of rotatable bonds is 4. The first kappa shape index (κ1) is 14.1. The van der Waals surface area contributed by atoms with Crippen LogP contribution in [-0.4, -0.2) is 36.5 Å². The molecule has 3 nitrogen and oxygen atoms in total. The van der Waals surface area contributed by atoms with Crippen LogP contribution in [0.15, 0.2) is 30.3 Å². The Morgan fingerprint density at radius 1 is 1.26 bits per heavy atom. The van der Waals surface area contributed by atoms with E-state index in [1.807, 2.05) is 30.3 Å². The lowest BCUT2D eigenvalue weighted by Gasteiger charge is -2.33. The SMILES string of the molecule is CC(C)CN1CCC(NC(=O)c2ccccc2)CC1. The van der Waals surface area contributed by atoms with Crippen LogP contribution in [0.4, 0.5) is 0 Å². The number of hydrogen-bond acceptors (Lipinski definition) is 2. The van der Waals surface area contributed by atoms with Gasteiger partial charge in [0.15, 0.2) is 0 Å². The van der Waals surface area contributed by atoms with Gasteiger partial charge in [-0.1, -0.05) is 32.0 Å². The number of carbonyl (C=O) groups excluding carboxylic acids is 1. The van der Waals surface area contributed by atoms with Crippen LogP contribution in [0.5, 0.6) is 0 Å². The largest absolute Gasteiger partial charge is 0.349 e. The summed E-state index contributed by atoms with van der Waals surface area (Å²) in [6.45, 7) is 7.86. The molecule has 19 heavy (non-hydrogen) atoms. The first-order valence-corrected chi connectivity index (χ1v) is 7.23. The molecule has 0 bridgehead atoms. The number of amides is 1. The van der Waals surface area contributed by atoms with Crippen LogP contribution < -0.4 is 5.32 Å². The number of carbonyl (C=O) groups is 1. The number of piperidine rings is 1. The molecule has 0 unspecified atom stereocenters. The van der Waals surface area contributed by atoms with Gasteiger partial charge in [-0.25, -0.2) is 0 Å². The molecular weight excluding hydrogens is 236 g/mol. The number of nitrogens with one attached hydrogen (secondary N) is 1. The van der Waals surface area contributed by atoms with Crippen molar-refractivity contribution in [3.63, 3.8) is 0 Å². The van der Waals surface area contributed by atoms with Crippen molar-refractivity contribution < 1.29 is 4.79 Å². The second-order valence-electron chi connectivity index (χ2n) is 5.81. The average molecular weight is 260 g/mol. The van der Waals surface area contributed by atoms with Crippen molar-refractivity contribution >= 4 is 5.91 Å². The third kappa shape index (κ3) is 4.35. The highest BCUT2D eigenvalue weighted by molar-refractivity contribution is 5.94. The number of benzene rings is 1. The fourth-order valence-electron chi connectivity index (χ4n) is 2.63. The van der Waals surface area contributed by atoms with Gasteiger partial charge in [-0.2, -0.15) is 0 Å². The molecule has 0 aliphatic carbocycles. The van der Waals surface area contributed by atoms with Gasteiger partial charge >= 0.3 is 0 Å². The van der Waals surface area contributed by atoms with Crippen LogP contribution in [0.2, 0.25) is 0 Å². The molecule has 1 saturated heterocycles. The molecule has 0 radical (unpaired) electrons. The van der Waals surface area contributed by atoms with E-state index in [9.17, 15) is 4.79 Å². The Hall–Kier alpha value is -1.35. The van der Waals surface area contributed by atoms with Gasteiger partial charge in [0.05, 0.1) is 0 Å². The Kier molecular flexibility index (Phi) is 4.97. The topological polar surface area (TPSA) is 32.3 Å². The average Bonchev–Trinajstić information content (AvgIpc) is 2.41.